The summed E-state index contributed by atoms with van der Waals surface area (Å²) in [5, 5.41) is 14.8. The first-order valence-corrected chi connectivity index (χ1v) is 15.5. The van der Waals surface area contributed by atoms with Crippen LogP contribution in [0.4, 0.5) is 11.4 Å². The average molecular weight is 611 g/mol. The first kappa shape index (κ1) is 30.8. The largest absolute Gasteiger partial charge is 0.367 e. The van der Waals surface area contributed by atoms with E-state index in [1.54, 1.807) is 13.3 Å². The Hall–Kier alpha value is -3.63. The van der Waals surface area contributed by atoms with E-state index in [1.165, 1.54) is 28.8 Å². The van der Waals surface area contributed by atoms with E-state index in [0.717, 1.165) is 51.4 Å². The molecule has 2 aromatic heterocycles. The highest BCUT2D eigenvalue weighted by Gasteiger charge is 2.21. The standard InChI is InChI=1S/C28H38N10O4S/c1-35-9-11-37(12-10-35)24-6-5-21(15-22(24)32-26(39)20-16-30-28(43-3)31-17-20)38-18-23(33-34-38)27(40)29-7-4-8-36-13-14-42-25(19-36)41-2/h5-6,15-18,25H,4,7-14,19H2,1-3H3,(H,29,40)(H,32,39). The maximum absolute atomic E-state index is 13.2. The minimum Gasteiger partial charge on any atom is -0.367 e. The summed E-state index contributed by atoms with van der Waals surface area (Å²) in [6, 6.07) is 5.71. The molecule has 230 valence electrons. The minimum atomic E-state index is -0.311. The van der Waals surface area contributed by atoms with Crippen molar-refractivity contribution in [3.05, 3.63) is 48.0 Å². The molecule has 2 saturated heterocycles. The monoisotopic (exact) mass is 610 g/mol. The summed E-state index contributed by atoms with van der Waals surface area (Å²) >= 11 is 1.41. The van der Waals surface area contributed by atoms with Gasteiger partial charge in [0, 0.05) is 71.9 Å². The third-order valence-electron chi connectivity index (χ3n) is 7.45. The number of piperazine rings is 1. The molecule has 1 atom stereocenters. The molecule has 0 aliphatic carbocycles. The van der Waals surface area contributed by atoms with Crippen LogP contribution in [0.25, 0.3) is 5.69 Å². The Bertz CT molecular complexity index is 1380. The molecule has 0 radical (unpaired) electrons. The number of nitrogens with zero attached hydrogens (tertiary/aromatic N) is 8. The number of benzene rings is 1. The highest BCUT2D eigenvalue weighted by molar-refractivity contribution is 7.98. The molecule has 0 bridgehead atoms. The Labute approximate surface area is 255 Å². The predicted octanol–water partition coefficient (Wildman–Crippen LogP) is 1.21. The number of nitrogens with one attached hydrogen (secondary N) is 2. The van der Waals surface area contributed by atoms with Gasteiger partial charge in [-0.1, -0.05) is 17.0 Å². The number of morpholine rings is 1. The zero-order valence-corrected chi connectivity index (χ0v) is 25.5. The van der Waals surface area contributed by atoms with E-state index in [4.69, 9.17) is 9.47 Å². The molecular weight excluding hydrogens is 572 g/mol. The van der Waals surface area contributed by atoms with Gasteiger partial charge in [0.15, 0.2) is 17.1 Å². The molecule has 2 amide bonds. The summed E-state index contributed by atoms with van der Waals surface area (Å²) < 4.78 is 12.3. The lowest BCUT2D eigenvalue weighted by Gasteiger charge is -2.35. The van der Waals surface area contributed by atoms with Crippen molar-refractivity contribution < 1.29 is 19.1 Å². The average Bonchev–Trinajstić information content (AvgIpc) is 3.54. The predicted molar refractivity (Wildman–Crippen MR) is 163 cm³/mol. The number of anilines is 2. The van der Waals surface area contributed by atoms with Crippen LogP contribution < -0.4 is 15.5 Å². The Morgan fingerprint density at radius 1 is 1.12 bits per heavy atom. The van der Waals surface area contributed by atoms with Gasteiger partial charge >= 0.3 is 0 Å². The molecule has 0 saturated carbocycles. The van der Waals surface area contributed by atoms with E-state index in [1.807, 2.05) is 24.5 Å². The van der Waals surface area contributed by atoms with Crippen molar-refractivity contribution in [3.8, 4) is 5.69 Å². The number of likely N-dealkylation sites (N-methyl/N-ethyl adjacent to an activating group) is 1. The topological polar surface area (TPSA) is 143 Å². The molecular formula is C28H38N10O4S. The summed E-state index contributed by atoms with van der Waals surface area (Å²) in [6.07, 6.45) is 7.10. The highest BCUT2D eigenvalue weighted by atomic mass is 32.2. The molecule has 0 spiro atoms. The van der Waals surface area contributed by atoms with Gasteiger partial charge in [-0.3, -0.25) is 14.5 Å². The second-order valence-corrected chi connectivity index (χ2v) is 11.2. The fraction of sp³-hybridized carbons (Fsp3) is 0.500. The molecule has 5 rings (SSSR count). The molecule has 15 heteroatoms. The molecule has 2 N–H and O–H groups in total. The number of thioether (sulfide) groups is 1. The molecule has 14 nitrogen and oxygen atoms in total. The van der Waals surface area contributed by atoms with Crippen LogP contribution in [0.1, 0.15) is 27.3 Å². The molecule has 2 aliphatic rings. The first-order chi connectivity index (χ1) is 20.9. The van der Waals surface area contributed by atoms with E-state index in [2.05, 4.69) is 52.7 Å². The van der Waals surface area contributed by atoms with E-state index >= 15 is 0 Å². The van der Waals surface area contributed by atoms with Gasteiger partial charge in [-0.05, 0) is 37.9 Å². The number of carbonyl (C=O) groups is 2. The van der Waals surface area contributed by atoms with E-state index in [9.17, 15) is 9.59 Å². The van der Waals surface area contributed by atoms with Gasteiger partial charge in [-0.25, -0.2) is 14.6 Å². The van der Waals surface area contributed by atoms with E-state index in [-0.39, 0.29) is 23.8 Å². The fourth-order valence-corrected chi connectivity index (χ4v) is 5.24. The second kappa shape index (κ2) is 14.7. The number of rotatable bonds is 11. The zero-order valence-electron chi connectivity index (χ0n) is 24.7. The number of ether oxygens (including phenoxy) is 2. The Kier molecular flexibility index (Phi) is 10.5. The van der Waals surface area contributed by atoms with Crippen LogP contribution in [0.2, 0.25) is 0 Å². The van der Waals surface area contributed by atoms with Crippen LogP contribution in [0.15, 0.2) is 41.9 Å². The summed E-state index contributed by atoms with van der Waals surface area (Å²) in [6.45, 7) is 7.03. The Balaban J connectivity index is 1.25. The quantitative estimate of drug-likeness (QED) is 0.183. The first-order valence-electron chi connectivity index (χ1n) is 14.3. The molecule has 1 aromatic carbocycles. The minimum absolute atomic E-state index is 0.205. The summed E-state index contributed by atoms with van der Waals surface area (Å²) in [5.41, 5.74) is 2.77. The maximum Gasteiger partial charge on any atom is 0.273 e. The number of hydrogen-bond acceptors (Lipinski definition) is 12. The Morgan fingerprint density at radius 2 is 1.91 bits per heavy atom. The van der Waals surface area contributed by atoms with Crippen LogP contribution in [0.3, 0.4) is 0 Å². The molecule has 4 heterocycles. The normalized spacial score (nSPS) is 18.0. The van der Waals surface area contributed by atoms with Crippen molar-refractivity contribution in [1.82, 2.24) is 40.1 Å². The van der Waals surface area contributed by atoms with E-state index < -0.39 is 0 Å². The number of hydrogen-bond donors (Lipinski definition) is 2. The summed E-state index contributed by atoms with van der Waals surface area (Å²) in [4.78, 5) is 41.2. The number of methoxy groups -OCH3 is 1. The molecule has 2 aliphatic heterocycles. The van der Waals surface area contributed by atoms with Crippen LogP contribution in [0.5, 0.6) is 0 Å². The smallest absolute Gasteiger partial charge is 0.273 e. The van der Waals surface area contributed by atoms with Crippen LogP contribution in [0, 0.1) is 0 Å². The molecule has 3 aromatic rings. The third kappa shape index (κ3) is 8.06. The zero-order chi connectivity index (χ0) is 30.2. The number of aromatic nitrogens is 5. The van der Waals surface area contributed by atoms with Crippen molar-refractivity contribution >= 4 is 35.0 Å². The lowest BCUT2D eigenvalue weighted by molar-refractivity contribution is -0.164. The van der Waals surface area contributed by atoms with Gasteiger partial charge in [0.05, 0.1) is 35.4 Å². The Morgan fingerprint density at radius 3 is 2.65 bits per heavy atom. The lowest BCUT2D eigenvalue weighted by Crippen LogP contribution is -2.44. The second-order valence-electron chi connectivity index (χ2n) is 10.4. The molecule has 2 fully saturated rings. The van der Waals surface area contributed by atoms with Gasteiger partial charge in [0.2, 0.25) is 0 Å². The van der Waals surface area contributed by atoms with Gasteiger partial charge in [-0.2, -0.15) is 0 Å². The highest BCUT2D eigenvalue weighted by Crippen LogP contribution is 2.30. The van der Waals surface area contributed by atoms with Crippen molar-refractivity contribution in [2.45, 2.75) is 17.9 Å². The van der Waals surface area contributed by atoms with Crippen molar-refractivity contribution in [2.75, 3.05) is 89.6 Å². The van der Waals surface area contributed by atoms with Crippen LogP contribution >= 0.6 is 11.8 Å². The van der Waals surface area contributed by atoms with Gasteiger partial charge in [0.25, 0.3) is 11.8 Å². The van der Waals surface area contributed by atoms with Crippen LogP contribution in [-0.2, 0) is 9.47 Å². The summed E-state index contributed by atoms with van der Waals surface area (Å²) in [5.74, 6) is -0.604. The van der Waals surface area contributed by atoms with Gasteiger partial charge < -0.3 is 29.9 Å². The molecule has 1 unspecified atom stereocenters. The maximum atomic E-state index is 13.2. The van der Waals surface area contributed by atoms with E-state index in [0.29, 0.717) is 41.8 Å². The van der Waals surface area contributed by atoms with Crippen molar-refractivity contribution in [3.63, 3.8) is 0 Å². The van der Waals surface area contributed by atoms with Crippen molar-refractivity contribution in [2.24, 2.45) is 0 Å². The van der Waals surface area contributed by atoms with Crippen LogP contribution in [-0.4, -0.2) is 132 Å². The summed E-state index contributed by atoms with van der Waals surface area (Å²) in [7, 11) is 3.74. The third-order valence-corrected chi connectivity index (χ3v) is 8.03. The number of amides is 2. The fourth-order valence-electron chi connectivity index (χ4n) is 4.93. The van der Waals surface area contributed by atoms with Gasteiger partial charge in [-0.15, -0.1) is 5.10 Å². The lowest BCUT2D eigenvalue weighted by atomic mass is 10.1. The van der Waals surface area contributed by atoms with Gasteiger partial charge in [0.1, 0.15) is 0 Å². The molecule has 43 heavy (non-hydrogen) atoms. The van der Waals surface area contributed by atoms with Crippen molar-refractivity contribution in [1.29, 1.82) is 0 Å². The SMILES string of the molecule is COC1CN(CCCNC(=O)c2cn(-c3ccc(N4CCN(C)CC4)c(NC(=O)c4cnc(SC)nc4)c3)nn2)CCO1. The number of carbonyl (C=O) groups excluding carboxylic acids is 2.